The van der Waals surface area contributed by atoms with Gasteiger partial charge in [-0.3, -0.25) is 4.79 Å². The van der Waals surface area contributed by atoms with Crippen LogP contribution in [0.25, 0.3) is 28.0 Å². The van der Waals surface area contributed by atoms with Crippen molar-refractivity contribution >= 4 is 33.9 Å². The molecular weight excluding hydrogens is 334 g/mol. The van der Waals surface area contributed by atoms with Crippen molar-refractivity contribution in [2.45, 2.75) is 19.8 Å². The molecule has 1 amide bonds. The predicted molar refractivity (Wildman–Crippen MR) is 111 cm³/mol. The van der Waals surface area contributed by atoms with E-state index in [1.165, 1.54) is 10.8 Å². The van der Waals surface area contributed by atoms with Crippen LogP contribution in [0.4, 0.5) is 0 Å². The van der Waals surface area contributed by atoms with Gasteiger partial charge in [0.1, 0.15) is 5.75 Å². The van der Waals surface area contributed by atoms with Crippen molar-refractivity contribution in [3.8, 4) is 5.75 Å². The Morgan fingerprint density at radius 3 is 2.52 bits per heavy atom. The van der Waals surface area contributed by atoms with Crippen LogP contribution in [-0.2, 0) is 4.79 Å². The number of fused-ring (bicyclic) bond motifs is 2. The molecular formula is C24H21NO2. The van der Waals surface area contributed by atoms with Crippen molar-refractivity contribution in [2.24, 2.45) is 5.73 Å². The van der Waals surface area contributed by atoms with Crippen molar-refractivity contribution in [1.29, 1.82) is 0 Å². The second-order valence-electron chi connectivity index (χ2n) is 6.78. The Labute approximate surface area is 158 Å². The molecule has 0 radical (unpaired) electrons. The van der Waals surface area contributed by atoms with Gasteiger partial charge >= 0.3 is 0 Å². The molecule has 0 aliphatic heterocycles. The smallest absolute Gasteiger partial charge is 0.221 e. The molecule has 0 bridgehead atoms. The Morgan fingerprint density at radius 1 is 1.00 bits per heavy atom. The number of primary amides is 1. The second-order valence-corrected chi connectivity index (χ2v) is 6.78. The first-order valence-corrected chi connectivity index (χ1v) is 9.13. The third-order valence-electron chi connectivity index (χ3n) is 5.15. The number of allylic oxidation sites excluding steroid dienone is 2. The minimum absolute atomic E-state index is 0.126. The Hall–Kier alpha value is -3.33. The summed E-state index contributed by atoms with van der Waals surface area (Å²) in [4.78, 5) is 11.7. The summed E-state index contributed by atoms with van der Waals surface area (Å²) in [5.74, 6) is -0.201. The zero-order valence-electron chi connectivity index (χ0n) is 15.2. The third-order valence-corrected chi connectivity index (χ3v) is 5.15. The molecule has 1 aliphatic carbocycles. The number of phenolic OH excluding ortho intramolecular Hbond substituents is 1. The third kappa shape index (κ3) is 2.91. The summed E-state index contributed by atoms with van der Waals surface area (Å²) in [6.07, 6.45) is 3.04. The van der Waals surface area contributed by atoms with Crippen molar-refractivity contribution in [2.75, 3.05) is 0 Å². The zero-order valence-corrected chi connectivity index (χ0v) is 15.2. The number of aromatic hydroxyl groups is 1. The van der Waals surface area contributed by atoms with Crippen LogP contribution in [0.3, 0.4) is 0 Å². The molecule has 0 aromatic heterocycles. The van der Waals surface area contributed by atoms with Crippen LogP contribution in [0.15, 0.2) is 66.2 Å². The molecule has 0 heterocycles. The van der Waals surface area contributed by atoms with E-state index in [2.05, 4.69) is 37.3 Å². The maximum absolute atomic E-state index is 11.7. The Kier molecular flexibility index (Phi) is 4.28. The van der Waals surface area contributed by atoms with E-state index in [-0.39, 0.29) is 12.2 Å². The van der Waals surface area contributed by atoms with Crippen molar-refractivity contribution in [3.63, 3.8) is 0 Å². The molecule has 4 rings (SSSR count). The summed E-state index contributed by atoms with van der Waals surface area (Å²) in [6.45, 7) is 2.07. The fourth-order valence-electron chi connectivity index (χ4n) is 4.03. The van der Waals surface area contributed by atoms with E-state index in [4.69, 9.17) is 5.73 Å². The van der Waals surface area contributed by atoms with E-state index >= 15 is 0 Å². The van der Waals surface area contributed by atoms with E-state index in [1.807, 2.05) is 30.3 Å². The Bertz CT molecular complexity index is 1120. The van der Waals surface area contributed by atoms with E-state index < -0.39 is 5.91 Å². The van der Waals surface area contributed by atoms with Crippen LogP contribution in [0.2, 0.25) is 0 Å². The van der Waals surface area contributed by atoms with Gasteiger partial charge in [-0.05, 0) is 57.2 Å². The van der Waals surface area contributed by atoms with Gasteiger partial charge in [0.15, 0.2) is 0 Å². The maximum Gasteiger partial charge on any atom is 0.221 e. The van der Waals surface area contributed by atoms with Crippen molar-refractivity contribution < 1.29 is 9.90 Å². The molecule has 0 atom stereocenters. The summed E-state index contributed by atoms with van der Waals surface area (Å²) in [6, 6.07) is 20.0. The van der Waals surface area contributed by atoms with Crippen LogP contribution in [0, 0.1) is 0 Å². The van der Waals surface area contributed by atoms with Crippen LogP contribution < -0.4 is 5.73 Å². The van der Waals surface area contributed by atoms with Crippen molar-refractivity contribution in [3.05, 3.63) is 82.9 Å². The fourth-order valence-corrected chi connectivity index (χ4v) is 4.03. The largest absolute Gasteiger partial charge is 0.507 e. The van der Waals surface area contributed by atoms with Crippen molar-refractivity contribution in [1.82, 2.24) is 0 Å². The molecule has 0 fully saturated rings. The average Bonchev–Trinajstić information content (AvgIpc) is 2.95. The van der Waals surface area contributed by atoms with Gasteiger partial charge in [-0.1, -0.05) is 61.5 Å². The fraction of sp³-hybridized carbons (Fsp3) is 0.125. The molecule has 0 spiro atoms. The van der Waals surface area contributed by atoms with Gasteiger partial charge in [0.25, 0.3) is 0 Å². The highest BCUT2D eigenvalue weighted by Crippen LogP contribution is 2.48. The lowest BCUT2D eigenvalue weighted by Gasteiger charge is -2.08. The summed E-state index contributed by atoms with van der Waals surface area (Å²) in [7, 11) is 0. The lowest BCUT2D eigenvalue weighted by molar-refractivity contribution is -0.117. The zero-order chi connectivity index (χ0) is 19.0. The van der Waals surface area contributed by atoms with Gasteiger partial charge in [0.05, 0.1) is 6.42 Å². The molecule has 3 aromatic carbocycles. The highest BCUT2D eigenvalue weighted by atomic mass is 16.3. The number of hydrogen-bond donors (Lipinski definition) is 2. The first kappa shape index (κ1) is 17.1. The van der Waals surface area contributed by atoms with E-state index in [0.717, 1.165) is 39.8 Å². The molecule has 1 aliphatic rings. The van der Waals surface area contributed by atoms with Gasteiger partial charge < -0.3 is 10.8 Å². The molecule has 27 heavy (non-hydrogen) atoms. The summed E-state index contributed by atoms with van der Waals surface area (Å²) in [5, 5.41) is 12.8. The van der Waals surface area contributed by atoms with Gasteiger partial charge in [-0.15, -0.1) is 0 Å². The van der Waals surface area contributed by atoms with Crippen LogP contribution in [0.1, 0.15) is 36.5 Å². The normalized spacial score (nSPS) is 14.8. The van der Waals surface area contributed by atoms with Crippen LogP contribution >= 0.6 is 0 Å². The molecule has 3 aromatic rings. The van der Waals surface area contributed by atoms with Gasteiger partial charge in [-0.25, -0.2) is 0 Å². The van der Waals surface area contributed by atoms with Gasteiger partial charge in [0.2, 0.25) is 5.91 Å². The molecule has 0 saturated heterocycles. The number of nitrogens with two attached hydrogens (primary N) is 1. The highest BCUT2D eigenvalue weighted by molar-refractivity contribution is 6.10. The van der Waals surface area contributed by atoms with Gasteiger partial charge in [-0.2, -0.15) is 0 Å². The number of carbonyl (C=O) groups excluding carboxylic acids is 1. The summed E-state index contributed by atoms with van der Waals surface area (Å²) < 4.78 is 0. The number of phenols is 1. The minimum atomic E-state index is -0.392. The summed E-state index contributed by atoms with van der Waals surface area (Å²) >= 11 is 0. The minimum Gasteiger partial charge on any atom is -0.507 e. The van der Waals surface area contributed by atoms with Crippen LogP contribution in [-0.4, -0.2) is 11.0 Å². The van der Waals surface area contributed by atoms with E-state index in [0.29, 0.717) is 0 Å². The molecule has 3 heteroatoms. The Balaban J connectivity index is 1.99. The van der Waals surface area contributed by atoms with E-state index in [1.54, 1.807) is 6.07 Å². The first-order valence-electron chi connectivity index (χ1n) is 9.13. The lowest BCUT2D eigenvalue weighted by atomic mass is 9.96. The predicted octanol–water partition coefficient (Wildman–Crippen LogP) is 5.14. The molecule has 134 valence electrons. The number of hydrogen-bond acceptors (Lipinski definition) is 2. The molecule has 0 unspecified atom stereocenters. The number of carbonyl (C=O) groups is 1. The maximum atomic E-state index is 11.7. The second kappa shape index (κ2) is 6.76. The lowest BCUT2D eigenvalue weighted by Crippen LogP contribution is -2.11. The van der Waals surface area contributed by atoms with Crippen LogP contribution in [0.5, 0.6) is 5.75 Å². The SMILES string of the molecule is CCC1=C(CC(N)=O)c2c(O)cccc2/C1=C\c1cccc2ccccc12. The topological polar surface area (TPSA) is 63.3 Å². The highest BCUT2D eigenvalue weighted by Gasteiger charge is 2.28. The Morgan fingerprint density at radius 2 is 1.74 bits per heavy atom. The molecule has 3 N–H and O–H groups in total. The number of amides is 1. The summed E-state index contributed by atoms with van der Waals surface area (Å²) in [5.41, 5.74) is 11.3. The van der Waals surface area contributed by atoms with Gasteiger partial charge in [0, 0.05) is 5.56 Å². The molecule has 3 nitrogen and oxygen atoms in total. The molecule has 0 saturated carbocycles. The monoisotopic (exact) mass is 355 g/mol. The standard InChI is InChI=1S/C24H21NO2/c1-2-17-20(13-16-9-5-8-15-7-3-4-10-18(15)16)19-11-6-12-22(26)24(19)21(17)14-23(25)27/h3-13,26H,2,14H2,1H3,(H2,25,27)/b20-13-. The average molecular weight is 355 g/mol. The quantitative estimate of drug-likeness (QED) is 0.681. The first-order chi connectivity index (χ1) is 13.1. The number of rotatable bonds is 4. The van der Waals surface area contributed by atoms with E-state index in [9.17, 15) is 9.90 Å². The number of benzene rings is 3.